The zero-order valence-corrected chi connectivity index (χ0v) is 17.6. The van der Waals surface area contributed by atoms with E-state index in [9.17, 15) is 9.59 Å². The average molecular weight is 487 g/mol. The highest BCUT2D eigenvalue weighted by Gasteiger charge is 2.47. The third kappa shape index (κ3) is 3.12. The Morgan fingerprint density at radius 1 is 1.00 bits per heavy atom. The summed E-state index contributed by atoms with van der Waals surface area (Å²) in [6.07, 6.45) is 1.25. The number of aromatic amines is 1. The first kappa shape index (κ1) is 18.1. The Morgan fingerprint density at radius 2 is 1.79 bits per heavy atom. The Kier molecular flexibility index (Phi) is 4.63. The van der Waals surface area contributed by atoms with Crippen LogP contribution >= 0.6 is 22.6 Å². The van der Waals surface area contributed by atoms with E-state index in [0.29, 0.717) is 29.3 Å². The van der Waals surface area contributed by atoms with Gasteiger partial charge < -0.3 is 9.88 Å². The van der Waals surface area contributed by atoms with Crippen LogP contribution in [0.4, 0.5) is 0 Å². The van der Waals surface area contributed by atoms with Crippen LogP contribution in [0.5, 0.6) is 0 Å². The summed E-state index contributed by atoms with van der Waals surface area (Å²) < 4.78 is 2.62. The van der Waals surface area contributed by atoms with Gasteiger partial charge in [-0.25, -0.2) is 4.79 Å². The molecule has 2 aromatic carbocycles. The molecule has 6 heteroatoms. The van der Waals surface area contributed by atoms with Gasteiger partial charge in [-0.15, -0.1) is 0 Å². The fraction of sp³-hybridized carbons (Fsp3) is 0.364. The molecule has 5 nitrogen and oxygen atoms in total. The molecule has 2 aliphatic rings. The molecule has 3 atom stereocenters. The van der Waals surface area contributed by atoms with Crippen molar-refractivity contribution < 1.29 is 0 Å². The van der Waals surface area contributed by atoms with Crippen LogP contribution in [0, 0.1) is 15.4 Å². The second kappa shape index (κ2) is 7.15. The number of nitrogens with zero attached hydrogens (tertiary/aromatic N) is 2. The highest BCUT2D eigenvalue weighted by molar-refractivity contribution is 14.1. The number of H-pyrrole nitrogens is 1. The number of hydrogen-bond donors (Lipinski definition) is 1. The van der Waals surface area contributed by atoms with Gasteiger partial charge in [0.1, 0.15) is 0 Å². The van der Waals surface area contributed by atoms with Gasteiger partial charge in [-0.2, -0.15) is 0 Å². The van der Waals surface area contributed by atoms with Crippen molar-refractivity contribution in [2.75, 3.05) is 19.6 Å². The number of halogens is 1. The maximum Gasteiger partial charge on any atom is 0.328 e. The van der Waals surface area contributed by atoms with E-state index in [2.05, 4.69) is 56.7 Å². The second-order valence-corrected chi connectivity index (χ2v) is 9.26. The van der Waals surface area contributed by atoms with Gasteiger partial charge in [-0.05, 0) is 76.6 Å². The van der Waals surface area contributed by atoms with Crippen LogP contribution in [-0.4, -0.2) is 34.1 Å². The van der Waals surface area contributed by atoms with E-state index in [1.807, 2.05) is 12.1 Å². The maximum atomic E-state index is 12.7. The Morgan fingerprint density at radius 3 is 2.61 bits per heavy atom. The molecule has 0 amide bonds. The number of nitrogens with one attached hydrogen (secondary N) is 1. The summed E-state index contributed by atoms with van der Waals surface area (Å²) in [5, 5.41) is 0.572. The van der Waals surface area contributed by atoms with Gasteiger partial charge >= 0.3 is 5.69 Å². The molecular weight excluding hydrogens is 465 g/mol. The molecule has 3 aromatic rings. The Bertz CT molecular complexity index is 1130. The molecule has 1 saturated heterocycles. The molecule has 0 bridgehead atoms. The zero-order valence-electron chi connectivity index (χ0n) is 15.5. The summed E-state index contributed by atoms with van der Waals surface area (Å²) in [6, 6.07) is 16.1. The van der Waals surface area contributed by atoms with Crippen LogP contribution in [0.2, 0.25) is 0 Å². The number of fused-ring (bicyclic) bond motifs is 2. The molecule has 2 fully saturated rings. The lowest BCUT2D eigenvalue weighted by Crippen LogP contribution is -2.38. The average Bonchev–Trinajstić information content (AvgIpc) is 2.99. The van der Waals surface area contributed by atoms with Crippen LogP contribution in [0.3, 0.4) is 0 Å². The predicted octanol–water partition coefficient (Wildman–Crippen LogP) is 3.03. The summed E-state index contributed by atoms with van der Waals surface area (Å²) >= 11 is 2.35. The van der Waals surface area contributed by atoms with Crippen LogP contribution in [0.25, 0.3) is 10.9 Å². The Labute approximate surface area is 176 Å². The van der Waals surface area contributed by atoms with Crippen molar-refractivity contribution in [1.82, 2.24) is 14.5 Å². The highest BCUT2D eigenvalue weighted by Crippen LogP contribution is 2.51. The monoisotopic (exact) mass is 487 g/mol. The Hall–Kier alpha value is -1.93. The largest absolute Gasteiger partial charge is 0.328 e. The van der Waals surface area contributed by atoms with Crippen LogP contribution in [-0.2, 0) is 6.54 Å². The summed E-state index contributed by atoms with van der Waals surface area (Å²) in [5.41, 5.74) is 1.54. The number of para-hydroxylation sites is 1. The summed E-state index contributed by atoms with van der Waals surface area (Å²) in [7, 11) is 0. The van der Waals surface area contributed by atoms with Gasteiger partial charge in [0.05, 0.1) is 10.9 Å². The number of benzene rings is 2. The van der Waals surface area contributed by atoms with E-state index in [0.717, 1.165) is 25.6 Å². The first-order chi connectivity index (χ1) is 13.6. The molecular formula is C22H22IN3O2. The topological polar surface area (TPSA) is 58.1 Å². The highest BCUT2D eigenvalue weighted by atomic mass is 127. The van der Waals surface area contributed by atoms with Gasteiger partial charge in [-0.1, -0.05) is 24.3 Å². The summed E-state index contributed by atoms with van der Waals surface area (Å²) in [6.45, 7) is 3.31. The molecule has 1 aromatic heterocycles. The summed E-state index contributed by atoms with van der Waals surface area (Å²) in [4.78, 5) is 30.3. The lowest BCUT2D eigenvalue weighted by Gasteiger charge is -2.40. The minimum absolute atomic E-state index is 0.196. The lowest BCUT2D eigenvalue weighted by atomic mass is 9.64. The SMILES string of the molecule is O=c1[nH]c2ccccc2c(=O)n1CCN1CC2CC(c3ccc(I)cc3)C2C1. The van der Waals surface area contributed by atoms with Gasteiger partial charge in [0.25, 0.3) is 5.56 Å². The third-order valence-corrected chi connectivity index (χ3v) is 7.19. The van der Waals surface area contributed by atoms with E-state index < -0.39 is 0 Å². The molecule has 2 heterocycles. The minimum atomic E-state index is -0.317. The van der Waals surface area contributed by atoms with Crippen molar-refractivity contribution in [3.05, 3.63) is 78.5 Å². The van der Waals surface area contributed by atoms with Crippen LogP contribution in [0.15, 0.2) is 58.1 Å². The summed E-state index contributed by atoms with van der Waals surface area (Å²) in [5.74, 6) is 2.10. The number of aromatic nitrogens is 2. The fourth-order valence-corrected chi connectivity index (χ4v) is 5.28. The van der Waals surface area contributed by atoms with Crippen molar-refractivity contribution in [1.29, 1.82) is 0 Å². The van der Waals surface area contributed by atoms with Gasteiger partial charge in [0, 0.05) is 29.7 Å². The van der Waals surface area contributed by atoms with E-state index in [1.54, 1.807) is 12.1 Å². The van der Waals surface area contributed by atoms with E-state index in [4.69, 9.17) is 0 Å². The van der Waals surface area contributed by atoms with Crippen molar-refractivity contribution in [2.24, 2.45) is 11.8 Å². The predicted molar refractivity (Wildman–Crippen MR) is 119 cm³/mol. The maximum absolute atomic E-state index is 12.7. The molecule has 1 saturated carbocycles. The third-order valence-electron chi connectivity index (χ3n) is 6.47. The first-order valence-corrected chi connectivity index (χ1v) is 10.9. The lowest BCUT2D eigenvalue weighted by molar-refractivity contribution is 0.191. The second-order valence-electron chi connectivity index (χ2n) is 8.01. The van der Waals surface area contributed by atoms with Crippen LogP contribution < -0.4 is 11.2 Å². The minimum Gasteiger partial charge on any atom is -0.307 e. The van der Waals surface area contributed by atoms with Crippen molar-refractivity contribution in [3.63, 3.8) is 0 Å². The normalized spacial score (nSPS) is 24.2. The molecule has 0 radical (unpaired) electrons. The number of rotatable bonds is 4. The van der Waals surface area contributed by atoms with E-state index in [-0.39, 0.29) is 11.2 Å². The van der Waals surface area contributed by atoms with E-state index in [1.165, 1.54) is 20.1 Å². The molecule has 1 aliphatic heterocycles. The fourth-order valence-electron chi connectivity index (χ4n) is 4.92. The molecule has 28 heavy (non-hydrogen) atoms. The van der Waals surface area contributed by atoms with Crippen molar-refractivity contribution in [3.8, 4) is 0 Å². The standard InChI is InChI=1S/C22H22IN3O2/c23-16-7-5-14(6-8-16)18-11-15-12-25(13-19(15)18)9-10-26-21(27)17-3-1-2-4-20(17)24-22(26)28/h1-8,15,18-19H,9-13H2,(H,24,28). The van der Waals surface area contributed by atoms with Crippen molar-refractivity contribution >= 4 is 33.5 Å². The number of likely N-dealkylation sites (tertiary alicyclic amines) is 1. The van der Waals surface area contributed by atoms with Gasteiger partial charge in [0.2, 0.25) is 0 Å². The van der Waals surface area contributed by atoms with Gasteiger partial charge in [0.15, 0.2) is 0 Å². The number of hydrogen-bond acceptors (Lipinski definition) is 3. The molecule has 3 unspecified atom stereocenters. The zero-order chi connectivity index (χ0) is 19.3. The van der Waals surface area contributed by atoms with Crippen LogP contribution in [0.1, 0.15) is 17.9 Å². The smallest absolute Gasteiger partial charge is 0.307 e. The van der Waals surface area contributed by atoms with Crippen molar-refractivity contribution in [2.45, 2.75) is 18.9 Å². The Balaban J connectivity index is 1.28. The van der Waals surface area contributed by atoms with Gasteiger partial charge in [-0.3, -0.25) is 9.36 Å². The molecule has 1 aliphatic carbocycles. The molecule has 144 valence electrons. The first-order valence-electron chi connectivity index (χ1n) is 9.80. The molecule has 5 rings (SSSR count). The molecule has 1 N–H and O–H groups in total. The molecule has 0 spiro atoms. The quantitative estimate of drug-likeness (QED) is 0.576. The van der Waals surface area contributed by atoms with E-state index >= 15 is 0 Å².